The Labute approximate surface area is 106 Å². The van der Waals surface area contributed by atoms with Crippen LogP contribution in [-0.4, -0.2) is 32.0 Å². The largest absolute Gasteiger partial charge is 0.468 e. The summed E-state index contributed by atoms with van der Waals surface area (Å²) in [4.78, 5) is 13.7. The third kappa shape index (κ3) is 1.80. The molecule has 2 fully saturated rings. The van der Waals surface area contributed by atoms with Crippen molar-refractivity contribution in [3.63, 3.8) is 0 Å². The number of anilines is 1. The highest BCUT2D eigenvalue weighted by Crippen LogP contribution is 2.46. The normalized spacial score (nSPS) is 20.1. The smallest absolute Gasteiger partial charge is 0.322 e. The SMILES string of the molecule is COCOc1ccc(N2C(=O)NCC23CC3)cc1. The van der Waals surface area contributed by atoms with E-state index in [2.05, 4.69) is 5.32 Å². The molecule has 3 rings (SSSR count). The standard InChI is InChI=1S/C13H16N2O3/c1-17-9-18-11-4-2-10(3-5-11)15-12(16)14-8-13(15)6-7-13/h2-5H,6-9H2,1H3,(H,14,16). The number of nitrogens with zero attached hydrogens (tertiary/aromatic N) is 1. The van der Waals surface area contributed by atoms with Crippen LogP contribution >= 0.6 is 0 Å². The summed E-state index contributed by atoms with van der Waals surface area (Å²) in [6, 6.07) is 7.54. The Bertz CT molecular complexity index is 454. The average Bonchev–Trinajstić information content (AvgIpc) is 3.09. The third-order valence-corrected chi connectivity index (χ3v) is 3.51. The quantitative estimate of drug-likeness (QED) is 0.826. The molecule has 2 aliphatic rings. The molecule has 1 saturated carbocycles. The van der Waals surface area contributed by atoms with Crippen molar-refractivity contribution >= 4 is 11.7 Å². The molecule has 1 saturated heterocycles. The molecule has 1 heterocycles. The van der Waals surface area contributed by atoms with Crippen LogP contribution in [0.2, 0.25) is 0 Å². The number of amides is 2. The molecule has 5 nitrogen and oxygen atoms in total. The van der Waals surface area contributed by atoms with E-state index in [9.17, 15) is 4.79 Å². The van der Waals surface area contributed by atoms with E-state index in [1.807, 2.05) is 29.2 Å². The van der Waals surface area contributed by atoms with E-state index in [0.29, 0.717) is 0 Å². The fraction of sp³-hybridized carbons (Fsp3) is 0.462. The van der Waals surface area contributed by atoms with Crippen molar-refractivity contribution in [1.82, 2.24) is 5.32 Å². The Morgan fingerprint density at radius 3 is 2.67 bits per heavy atom. The Balaban J connectivity index is 1.78. The molecule has 5 heteroatoms. The van der Waals surface area contributed by atoms with E-state index in [-0.39, 0.29) is 18.4 Å². The first-order chi connectivity index (χ1) is 8.75. The summed E-state index contributed by atoms with van der Waals surface area (Å²) in [5.74, 6) is 0.741. The van der Waals surface area contributed by atoms with Gasteiger partial charge in [0.25, 0.3) is 0 Å². The van der Waals surface area contributed by atoms with Gasteiger partial charge in [0.05, 0.1) is 5.54 Å². The summed E-state index contributed by atoms with van der Waals surface area (Å²) in [5.41, 5.74) is 0.957. The van der Waals surface area contributed by atoms with Crippen LogP contribution in [0, 0.1) is 0 Å². The molecule has 1 aliphatic carbocycles. The van der Waals surface area contributed by atoms with Crippen LogP contribution in [0.3, 0.4) is 0 Å². The third-order valence-electron chi connectivity index (χ3n) is 3.51. The van der Waals surface area contributed by atoms with Crippen LogP contribution in [0.5, 0.6) is 5.75 Å². The Morgan fingerprint density at radius 2 is 2.06 bits per heavy atom. The molecule has 96 valence electrons. The first-order valence-corrected chi connectivity index (χ1v) is 6.05. The zero-order valence-electron chi connectivity index (χ0n) is 10.3. The number of carbonyl (C=O) groups is 1. The van der Waals surface area contributed by atoms with E-state index < -0.39 is 0 Å². The minimum absolute atomic E-state index is 0.00180. The number of carbonyl (C=O) groups excluding carboxylic acids is 1. The molecule has 0 unspecified atom stereocenters. The number of ether oxygens (including phenoxy) is 2. The fourth-order valence-electron chi connectivity index (χ4n) is 2.37. The van der Waals surface area contributed by atoms with Crippen molar-refractivity contribution in [3.05, 3.63) is 24.3 Å². The molecule has 1 aromatic carbocycles. The molecule has 1 aromatic rings. The lowest BCUT2D eigenvalue weighted by molar-refractivity contribution is 0.0511. The molecule has 1 N–H and O–H groups in total. The fourth-order valence-corrected chi connectivity index (χ4v) is 2.37. The van der Waals surface area contributed by atoms with Gasteiger partial charge in [0.2, 0.25) is 0 Å². The second-order valence-corrected chi connectivity index (χ2v) is 4.76. The number of hydrogen-bond donors (Lipinski definition) is 1. The molecule has 1 aliphatic heterocycles. The van der Waals surface area contributed by atoms with E-state index in [1.165, 1.54) is 0 Å². The zero-order valence-corrected chi connectivity index (χ0v) is 10.3. The van der Waals surface area contributed by atoms with Gasteiger partial charge in [-0.2, -0.15) is 0 Å². The predicted octanol–water partition coefficient (Wildman–Crippen LogP) is 1.73. The second kappa shape index (κ2) is 4.17. The lowest BCUT2D eigenvalue weighted by Crippen LogP contribution is -2.35. The molecule has 0 aromatic heterocycles. The first-order valence-electron chi connectivity index (χ1n) is 6.05. The molecule has 0 atom stereocenters. The van der Waals surface area contributed by atoms with Gasteiger partial charge in [0.15, 0.2) is 6.79 Å². The highest BCUT2D eigenvalue weighted by atomic mass is 16.7. The number of hydrogen-bond acceptors (Lipinski definition) is 3. The van der Waals surface area contributed by atoms with Crippen LogP contribution < -0.4 is 15.0 Å². The molecular formula is C13H16N2O3. The Kier molecular flexibility index (Phi) is 2.63. The van der Waals surface area contributed by atoms with Gasteiger partial charge in [-0.15, -0.1) is 0 Å². The number of rotatable bonds is 4. The number of urea groups is 1. The first kappa shape index (κ1) is 11.3. The maximum Gasteiger partial charge on any atom is 0.322 e. The number of nitrogens with one attached hydrogen (secondary N) is 1. The summed E-state index contributed by atoms with van der Waals surface area (Å²) < 4.78 is 10.2. The molecule has 0 bridgehead atoms. The van der Waals surface area contributed by atoms with Crippen molar-refractivity contribution in [2.75, 3.05) is 25.3 Å². The predicted molar refractivity (Wildman–Crippen MR) is 66.8 cm³/mol. The van der Waals surface area contributed by atoms with E-state index in [4.69, 9.17) is 9.47 Å². The Morgan fingerprint density at radius 1 is 1.33 bits per heavy atom. The van der Waals surface area contributed by atoms with Gasteiger partial charge in [0.1, 0.15) is 5.75 Å². The highest BCUT2D eigenvalue weighted by molar-refractivity contribution is 5.97. The summed E-state index contributed by atoms with van der Waals surface area (Å²) in [5, 5.41) is 2.91. The summed E-state index contributed by atoms with van der Waals surface area (Å²) in [6.45, 7) is 0.987. The van der Waals surface area contributed by atoms with Crippen molar-refractivity contribution in [1.29, 1.82) is 0 Å². The zero-order chi connectivity index (χ0) is 12.6. The summed E-state index contributed by atoms with van der Waals surface area (Å²) in [7, 11) is 1.58. The van der Waals surface area contributed by atoms with Crippen molar-refractivity contribution in [2.24, 2.45) is 0 Å². The van der Waals surface area contributed by atoms with Crippen LogP contribution in [0.4, 0.5) is 10.5 Å². The lowest BCUT2D eigenvalue weighted by Gasteiger charge is -2.22. The van der Waals surface area contributed by atoms with E-state index >= 15 is 0 Å². The van der Waals surface area contributed by atoms with Gasteiger partial charge in [-0.25, -0.2) is 4.79 Å². The molecule has 18 heavy (non-hydrogen) atoms. The number of benzene rings is 1. The minimum Gasteiger partial charge on any atom is -0.468 e. The molecular weight excluding hydrogens is 232 g/mol. The molecule has 2 amide bonds. The van der Waals surface area contributed by atoms with Gasteiger partial charge in [-0.05, 0) is 37.1 Å². The number of methoxy groups -OCH3 is 1. The van der Waals surface area contributed by atoms with Crippen LogP contribution in [-0.2, 0) is 4.74 Å². The van der Waals surface area contributed by atoms with E-state index in [1.54, 1.807) is 7.11 Å². The second-order valence-electron chi connectivity index (χ2n) is 4.76. The maximum atomic E-state index is 11.9. The Hall–Kier alpha value is -1.75. The van der Waals surface area contributed by atoms with Crippen molar-refractivity contribution in [3.8, 4) is 5.75 Å². The van der Waals surface area contributed by atoms with Crippen molar-refractivity contribution < 1.29 is 14.3 Å². The molecule has 1 spiro atoms. The van der Waals surface area contributed by atoms with Gasteiger partial charge in [-0.3, -0.25) is 4.90 Å². The van der Waals surface area contributed by atoms with Gasteiger partial charge in [0, 0.05) is 19.3 Å². The van der Waals surface area contributed by atoms with Crippen molar-refractivity contribution in [2.45, 2.75) is 18.4 Å². The van der Waals surface area contributed by atoms with Gasteiger partial charge in [-0.1, -0.05) is 0 Å². The van der Waals surface area contributed by atoms with Gasteiger partial charge < -0.3 is 14.8 Å². The average molecular weight is 248 g/mol. The van der Waals surface area contributed by atoms with Gasteiger partial charge >= 0.3 is 6.03 Å². The van der Waals surface area contributed by atoms with Crippen LogP contribution in [0.25, 0.3) is 0 Å². The molecule has 0 radical (unpaired) electrons. The maximum absolute atomic E-state index is 11.9. The minimum atomic E-state index is -0.00180. The van der Waals surface area contributed by atoms with Crippen LogP contribution in [0.15, 0.2) is 24.3 Å². The summed E-state index contributed by atoms with van der Waals surface area (Å²) >= 11 is 0. The topological polar surface area (TPSA) is 50.8 Å². The lowest BCUT2D eigenvalue weighted by atomic mass is 10.2. The van der Waals surface area contributed by atoms with E-state index in [0.717, 1.165) is 30.8 Å². The monoisotopic (exact) mass is 248 g/mol. The summed E-state index contributed by atoms with van der Waals surface area (Å²) in [6.07, 6.45) is 2.15. The van der Waals surface area contributed by atoms with Crippen LogP contribution in [0.1, 0.15) is 12.8 Å². The highest BCUT2D eigenvalue weighted by Gasteiger charge is 2.55.